The maximum absolute atomic E-state index is 13.0. The molecule has 2 aromatic rings. The van der Waals surface area contributed by atoms with Crippen LogP contribution < -0.4 is 10.2 Å². The fourth-order valence-electron chi connectivity index (χ4n) is 1.95. The van der Waals surface area contributed by atoms with Gasteiger partial charge in [-0.1, -0.05) is 23.2 Å². The number of ether oxygens (including phenoxy) is 1. The largest absolute Gasteiger partial charge is 0.513 e. The molecule has 0 saturated carbocycles. The molecule has 0 spiro atoms. The first-order valence-electron chi connectivity index (χ1n) is 6.29. The third-order valence-electron chi connectivity index (χ3n) is 3.03. The number of aryl methyl sites for hydroxylation is 2. The highest BCUT2D eigenvalue weighted by Crippen LogP contribution is 2.19. The van der Waals surface area contributed by atoms with Gasteiger partial charge in [-0.15, -0.1) is 0 Å². The van der Waals surface area contributed by atoms with Crippen LogP contribution in [-0.4, -0.2) is 23.1 Å². The first kappa shape index (κ1) is 14.5. The van der Waals surface area contributed by atoms with E-state index in [4.69, 9.17) is 4.74 Å². The van der Waals surface area contributed by atoms with Crippen molar-refractivity contribution in [2.24, 2.45) is 0 Å². The Morgan fingerprint density at radius 1 is 1.25 bits per heavy atom. The second-order valence-corrected chi connectivity index (χ2v) is 4.63. The van der Waals surface area contributed by atoms with Crippen LogP contribution in [-0.2, 0) is 6.54 Å². The summed E-state index contributed by atoms with van der Waals surface area (Å²) in [6.45, 7) is -0.985. The minimum Gasteiger partial charge on any atom is -0.495 e. The third-order valence-corrected chi connectivity index (χ3v) is 3.03. The van der Waals surface area contributed by atoms with Crippen LogP contribution in [0.3, 0.4) is 0 Å². The lowest BCUT2D eigenvalue weighted by molar-refractivity contribution is 0.297. The first-order chi connectivity index (χ1) is 9.38. The Labute approximate surface area is 115 Å². The summed E-state index contributed by atoms with van der Waals surface area (Å²) in [5.41, 5.74) is -0.107. The van der Waals surface area contributed by atoms with E-state index in [0.29, 0.717) is 12.1 Å². The second-order valence-electron chi connectivity index (χ2n) is 4.63. The van der Waals surface area contributed by atoms with Crippen molar-refractivity contribution in [1.82, 2.24) is 9.55 Å². The molecule has 3 nitrogen and oxygen atoms in total. The summed E-state index contributed by atoms with van der Waals surface area (Å²) >= 11 is 0. The normalized spacial score (nSPS) is 11.7. The Hall–Kier alpha value is -1.92. The number of rotatable bonds is 5. The van der Waals surface area contributed by atoms with Crippen LogP contribution >= 0.6 is 0 Å². The van der Waals surface area contributed by atoms with E-state index < -0.39 is 12.4 Å². The standard InChI is InChI=1S/C13H15BF3N2O/c1-10-3-4-13(12(9-10)14(15,16)17)20-8-7-19-6-5-18-11(19)2/h3-6,9H,7-8H2,1-2H3/q-1. The summed E-state index contributed by atoms with van der Waals surface area (Å²) in [7, 11) is 0. The second kappa shape index (κ2) is 5.60. The van der Waals surface area contributed by atoms with Gasteiger partial charge in [-0.25, -0.2) is 4.98 Å². The predicted octanol–water partition coefficient (Wildman–Crippen LogP) is 2.63. The van der Waals surface area contributed by atoms with Crippen molar-refractivity contribution in [1.29, 1.82) is 0 Å². The van der Waals surface area contributed by atoms with Crippen molar-refractivity contribution in [2.45, 2.75) is 20.4 Å². The molecule has 108 valence electrons. The quantitative estimate of drug-likeness (QED) is 0.789. The summed E-state index contributed by atoms with van der Waals surface area (Å²) in [4.78, 5) is 4.04. The van der Waals surface area contributed by atoms with Crippen LogP contribution in [0.15, 0.2) is 30.6 Å². The van der Waals surface area contributed by atoms with Crippen LogP contribution in [0.25, 0.3) is 0 Å². The van der Waals surface area contributed by atoms with E-state index in [1.807, 2.05) is 11.5 Å². The number of nitrogens with zero attached hydrogens (tertiary/aromatic N) is 2. The smallest absolute Gasteiger partial charge is 0.495 e. The maximum Gasteiger partial charge on any atom is 0.513 e. The van der Waals surface area contributed by atoms with Crippen molar-refractivity contribution >= 4 is 12.4 Å². The van der Waals surface area contributed by atoms with Crippen LogP contribution in [0.2, 0.25) is 0 Å². The number of hydrogen-bond donors (Lipinski definition) is 0. The summed E-state index contributed by atoms with van der Waals surface area (Å²) in [5, 5.41) is 0. The van der Waals surface area contributed by atoms with E-state index in [1.165, 1.54) is 6.07 Å². The summed E-state index contributed by atoms with van der Waals surface area (Å²) in [5.74, 6) is 0.693. The van der Waals surface area contributed by atoms with Gasteiger partial charge in [0, 0.05) is 12.4 Å². The lowest BCUT2D eigenvalue weighted by Gasteiger charge is -2.20. The lowest BCUT2D eigenvalue weighted by Crippen LogP contribution is -2.35. The molecular formula is C13H15BF3N2O-. The molecule has 0 N–H and O–H groups in total. The van der Waals surface area contributed by atoms with Crippen LogP contribution in [0.1, 0.15) is 11.4 Å². The van der Waals surface area contributed by atoms with Crippen LogP contribution in [0.4, 0.5) is 12.9 Å². The molecule has 20 heavy (non-hydrogen) atoms. The van der Waals surface area contributed by atoms with E-state index in [-0.39, 0.29) is 12.4 Å². The van der Waals surface area contributed by atoms with E-state index >= 15 is 0 Å². The van der Waals surface area contributed by atoms with Crippen LogP contribution in [0, 0.1) is 13.8 Å². The minimum atomic E-state index is -5.07. The molecule has 1 aromatic heterocycles. The average molecular weight is 283 g/mol. The topological polar surface area (TPSA) is 27.1 Å². The van der Waals surface area contributed by atoms with Gasteiger partial charge in [-0.2, -0.15) is 0 Å². The zero-order chi connectivity index (χ0) is 14.8. The average Bonchev–Trinajstić information content (AvgIpc) is 2.76. The fourth-order valence-corrected chi connectivity index (χ4v) is 1.95. The van der Waals surface area contributed by atoms with Gasteiger partial charge < -0.3 is 22.3 Å². The van der Waals surface area contributed by atoms with E-state index in [2.05, 4.69) is 4.98 Å². The van der Waals surface area contributed by atoms with Crippen molar-refractivity contribution < 1.29 is 17.7 Å². The van der Waals surface area contributed by atoms with Gasteiger partial charge in [0.1, 0.15) is 12.4 Å². The van der Waals surface area contributed by atoms with E-state index in [9.17, 15) is 12.9 Å². The third kappa shape index (κ3) is 3.34. The Balaban J connectivity index is 2.08. The number of benzene rings is 1. The molecule has 0 aliphatic rings. The molecule has 0 amide bonds. The van der Waals surface area contributed by atoms with E-state index in [1.54, 1.807) is 25.4 Å². The minimum absolute atomic E-state index is 0.110. The highest BCUT2D eigenvalue weighted by molar-refractivity contribution is 6.74. The molecule has 0 bridgehead atoms. The molecule has 0 atom stereocenters. The summed E-state index contributed by atoms with van der Waals surface area (Å²) in [6, 6.07) is 4.11. The molecule has 0 aliphatic carbocycles. The molecular weight excluding hydrogens is 268 g/mol. The lowest BCUT2D eigenvalue weighted by atomic mass is 9.78. The Bertz CT molecular complexity index is 596. The SMILES string of the molecule is Cc1ccc(OCCn2ccnc2C)c([B-](F)(F)F)c1. The molecule has 0 radical (unpaired) electrons. The Morgan fingerprint density at radius 2 is 2.00 bits per heavy atom. The molecule has 0 aliphatic heterocycles. The van der Waals surface area contributed by atoms with Gasteiger partial charge in [0.05, 0.1) is 12.3 Å². The molecule has 1 aromatic carbocycles. The predicted molar refractivity (Wildman–Crippen MR) is 72.4 cm³/mol. The molecule has 2 rings (SSSR count). The van der Waals surface area contributed by atoms with Gasteiger partial charge in [-0.3, -0.25) is 0 Å². The molecule has 7 heteroatoms. The number of aromatic nitrogens is 2. The molecule has 0 fully saturated rings. The van der Waals surface area contributed by atoms with Gasteiger partial charge in [0.15, 0.2) is 0 Å². The van der Waals surface area contributed by atoms with Crippen molar-refractivity contribution in [3.8, 4) is 5.75 Å². The van der Waals surface area contributed by atoms with E-state index in [0.717, 1.165) is 11.9 Å². The van der Waals surface area contributed by atoms with Gasteiger partial charge in [-0.05, 0) is 19.9 Å². The number of hydrogen-bond acceptors (Lipinski definition) is 2. The van der Waals surface area contributed by atoms with Crippen molar-refractivity contribution in [2.75, 3.05) is 6.61 Å². The Kier molecular flexibility index (Phi) is 4.06. The zero-order valence-corrected chi connectivity index (χ0v) is 11.3. The maximum atomic E-state index is 13.0. The zero-order valence-electron chi connectivity index (χ0n) is 11.3. The van der Waals surface area contributed by atoms with Crippen molar-refractivity contribution in [3.05, 3.63) is 42.0 Å². The monoisotopic (exact) mass is 283 g/mol. The number of imidazole rings is 1. The first-order valence-corrected chi connectivity index (χ1v) is 6.29. The van der Waals surface area contributed by atoms with Crippen molar-refractivity contribution in [3.63, 3.8) is 0 Å². The summed E-state index contributed by atoms with van der Waals surface area (Å²) < 4.78 is 46.0. The highest BCUT2D eigenvalue weighted by Gasteiger charge is 2.29. The van der Waals surface area contributed by atoms with Gasteiger partial charge in [0.2, 0.25) is 0 Å². The molecule has 0 unspecified atom stereocenters. The fraction of sp³-hybridized carbons (Fsp3) is 0.308. The van der Waals surface area contributed by atoms with Gasteiger partial charge in [0.25, 0.3) is 0 Å². The molecule has 1 heterocycles. The molecule has 0 saturated heterocycles. The Morgan fingerprint density at radius 3 is 2.60 bits per heavy atom. The number of halogens is 3. The summed E-state index contributed by atoms with van der Waals surface area (Å²) in [6.07, 6.45) is 3.41. The van der Waals surface area contributed by atoms with Crippen LogP contribution in [0.5, 0.6) is 5.75 Å². The highest BCUT2D eigenvalue weighted by atomic mass is 19.4. The van der Waals surface area contributed by atoms with Gasteiger partial charge >= 0.3 is 6.98 Å².